The van der Waals surface area contributed by atoms with E-state index in [1.54, 1.807) is 7.11 Å². The van der Waals surface area contributed by atoms with Crippen LogP contribution in [0.2, 0.25) is 0 Å². The highest BCUT2D eigenvalue weighted by molar-refractivity contribution is 8.00. The van der Waals surface area contributed by atoms with Crippen LogP contribution < -0.4 is 10.2 Å². The molecule has 0 unspecified atom stereocenters. The summed E-state index contributed by atoms with van der Waals surface area (Å²) in [5.74, 6) is 1.25. The summed E-state index contributed by atoms with van der Waals surface area (Å²) in [4.78, 5) is 13.3. The monoisotopic (exact) mass is 412 g/mol. The Bertz CT molecular complexity index is 1020. The van der Waals surface area contributed by atoms with Gasteiger partial charge in [-0.2, -0.15) is 0 Å². The fourth-order valence-electron chi connectivity index (χ4n) is 3.29. The Morgan fingerprint density at radius 2 is 1.83 bits per heavy atom. The zero-order chi connectivity index (χ0) is 20.5. The van der Waals surface area contributed by atoms with Gasteiger partial charge in [0.1, 0.15) is 16.8 Å². The van der Waals surface area contributed by atoms with Crippen LogP contribution in [0.1, 0.15) is 47.6 Å². The number of halogens is 1. The quantitative estimate of drug-likeness (QED) is 0.634. The first kappa shape index (κ1) is 19.4. The van der Waals surface area contributed by atoms with Gasteiger partial charge in [-0.25, -0.2) is 9.07 Å². The second kappa shape index (κ2) is 7.87. The Morgan fingerprint density at radius 3 is 2.45 bits per heavy atom. The normalized spacial score (nSPS) is 18.2. The van der Waals surface area contributed by atoms with Gasteiger partial charge in [-0.1, -0.05) is 37.7 Å². The zero-order valence-electron chi connectivity index (χ0n) is 16.3. The number of rotatable bonds is 5. The maximum atomic E-state index is 13.3. The lowest BCUT2D eigenvalue weighted by atomic mass is 9.97. The lowest BCUT2D eigenvalue weighted by molar-refractivity contribution is 0.0980. The first-order valence-electron chi connectivity index (χ1n) is 9.30. The van der Waals surface area contributed by atoms with Gasteiger partial charge >= 0.3 is 0 Å². The van der Waals surface area contributed by atoms with E-state index in [0.717, 1.165) is 17.1 Å². The predicted octanol–water partition coefficient (Wildman–Crippen LogP) is 4.19. The number of hydrogen-bond acceptors (Lipinski definition) is 6. The predicted molar refractivity (Wildman–Crippen MR) is 110 cm³/mol. The summed E-state index contributed by atoms with van der Waals surface area (Å²) in [5, 5.41) is 8.69. The summed E-state index contributed by atoms with van der Waals surface area (Å²) in [7, 11) is 1.61. The molecule has 8 heteroatoms. The average Bonchev–Trinajstić information content (AvgIpc) is 3.16. The number of aromatic nitrogens is 3. The molecule has 0 aliphatic carbocycles. The fourth-order valence-corrected chi connectivity index (χ4v) is 4.45. The molecule has 0 bridgehead atoms. The smallest absolute Gasteiger partial charge is 0.210 e. The molecule has 2 atom stereocenters. The number of benzene rings is 2. The van der Waals surface area contributed by atoms with Gasteiger partial charge < -0.3 is 10.2 Å². The molecule has 0 saturated carbocycles. The molecule has 1 aromatic heterocycles. The molecule has 29 heavy (non-hydrogen) atoms. The highest BCUT2D eigenvalue weighted by atomic mass is 32.2. The second-order valence-electron chi connectivity index (χ2n) is 7.12. The lowest BCUT2D eigenvalue weighted by Gasteiger charge is -2.33. The highest BCUT2D eigenvalue weighted by Gasteiger charge is 2.38. The van der Waals surface area contributed by atoms with Gasteiger partial charge in [0.2, 0.25) is 5.16 Å². The molecule has 0 amide bonds. The summed E-state index contributed by atoms with van der Waals surface area (Å²) in [6, 6.07) is 12.9. The van der Waals surface area contributed by atoms with Crippen LogP contribution in [0.25, 0.3) is 0 Å². The van der Waals surface area contributed by atoms with Gasteiger partial charge in [-0.15, -0.1) is 10.2 Å². The maximum Gasteiger partial charge on any atom is 0.210 e. The molecule has 6 nitrogen and oxygen atoms in total. The van der Waals surface area contributed by atoms with Crippen LogP contribution in [-0.2, 0) is 0 Å². The average molecular weight is 412 g/mol. The van der Waals surface area contributed by atoms with E-state index in [-0.39, 0.29) is 23.6 Å². The maximum absolute atomic E-state index is 13.3. The molecule has 3 aromatic rings. The molecule has 1 aliphatic rings. The van der Waals surface area contributed by atoms with Gasteiger partial charge in [0.15, 0.2) is 11.6 Å². The topological polar surface area (TPSA) is 69.0 Å². The molecule has 2 aromatic carbocycles. The second-order valence-corrected chi connectivity index (χ2v) is 8.23. The van der Waals surface area contributed by atoms with Crippen molar-refractivity contribution in [3.8, 4) is 5.75 Å². The van der Waals surface area contributed by atoms with E-state index in [2.05, 4.69) is 15.6 Å². The Morgan fingerprint density at radius 1 is 1.14 bits per heavy atom. The van der Waals surface area contributed by atoms with Crippen LogP contribution in [0.3, 0.4) is 0 Å². The summed E-state index contributed by atoms with van der Waals surface area (Å²) >= 11 is 1.37. The number of carbonyl (C=O) groups excluding carboxylic acids is 1. The summed E-state index contributed by atoms with van der Waals surface area (Å²) in [6.45, 7) is 4.09. The minimum absolute atomic E-state index is 0.0938. The molecule has 1 N–H and O–H groups in total. The number of fused-ring (bicyclic) bond motifs is 1. The fraction of sp³-hybridized carbons (Fsp3) is 0.286. The number of carbonyl (C=O) groups is 1. The first-order valence-corrected chi connectivity index (χ1v) is 10.2. The zero-order valence-corrected chi connectivity index (χ0v) is 17.1. The van der Waals surface area contributed by atoms with Gasteiger partial charge in [0.05, 0.1) is 13.2 Å². The molecule has 150 valence electrons. The van der Waals surface area contributed by atoms with E-state index in [1.807, 2.05) is 42.8 Å². The minimum atomic E-state index is -0.481. The molecular formula is C21H21FN4O2S. The molecule has 0 spiro atoms. The van der Waals surface area contributed by atoms with Gasteiger partial charge in [0.25, 0.3) is 0 Å². The van der Waals surface area contributed by atoms with E-state index in [4.69, 9.17) is 4.74 Å². The van der Waals surface area contributed by atoms with Crippen molar-refractivity contribution in [3.05, 3.63) is 71.3 Å². The molecular weight excluding hydrogens is 391 g/mol. The van der Waals surface area contributed by atoms with Crippen molar-refractivity contribution in [2.24, 2.45) is 0 Å². The number of Topliss-reactive ketones (excluding diaryl/α,β-unsaturated/α-hetero) is 1. The number of nitrogens with zero attached hydrogens (tertiary/aromatic N) is 3. The van der Waals surface area contributed by atoms with Crippen molar-refractivity contribution in [2.45, 2.75) is 36.2 Å². The van der Waals surface area contributed by atoms with Crippen LogP contribution in [0, 0.1) is 5.82 Å². The Labute approximate surface area is 172 Å². The van der Waals surface area contributed by atoms with Gasteiger partial charge in [-0.05, 0) is 42.0 Å². The van der Waals surface area contributed by atoms with E-state index >= 15 is 0 Å². The van der Waals surface area contributed by atoms with Crippen molar-refractivity contribution in [2.75, 3.05) is 12.5 Å². The molecule has 0 radical (unpaired) electrons. The number of ether oxygens (including phenoxy) is 1. The van der Waals surface area contributed by atoms with Crippen LogP contribution in [0.4, 0.5) is 4.39 Å². The summed E-state index contributed by atoms with van der Waals surface area (Å²) < 4.78 is 20.4. The van der Waals surface area contributed by atoms with Crippen LogP contribution in [-0.4, -0.2) is 33.0 Å². The first-order chi connectivity index (χ1) is 14.0. The standard InChI is InChI=1S/C21H21FN4O2S/c1-12(2)20-23-24-21-26(20)25-17(13-6-10-16(28-3)11-7-13)19(29-21)18(27)14-4-8-15(22)9-5-14/h4-12,17,19,25H,1-3H3/t17-,19-/m0/s1. The van der Waals surface area contributed by atoms with Crippen molar-refractivity contribution in [1.82, 2.24) is 14.9 Å². The Hall–Kier alpha value is -2.87. The molecule has 4 rings (SSSR count). The van der Waals surface area contributed by atoms with E-state index in [9.17, 15) is 9.18 Å². The Kier molecular flexibility index (Phi) is 5.27. The number of thioether (sulfide) groups is 1. The minimum Gasteiger partial charge on any atom is -0.497 e. The van der Waals surface area contributed by atoms with Crippen molar-refractivity contribution < 1.29 is 13.9 Å². The van der Waals surface area contributed by atoms with Crippen LogP contribution in [0.15, 0.2) is 53.7 Å². The molecule has 0 saturated heterocycles. The van der Waals surface area contributed by atoms with E-state index in [0.29, 0.717) is 10.7 Å². The van der Waals surface area contributed by atoms with E-state index < -0.39 is 5.25 Å². The summed E-state index contributed by atoms with van der Waals surface area (Å²) in [5.41, 5.74) is 4.83. The number of methoxy groups -OCH3 is 1. The Balaban J connectivity index is 1.74. The third-order valence-electron chi connectivity index (χ3n) is 4.84. The van der Waals surface area contributed by atoms with Crippen molar-refractivity contribution >= 4 is 17.5 Å². The SMILES string of the molecule is COc1ccc([C@@H]2Nn3c(nnc3C(C)C)S[C@@H]2C(=O)c2ccc(F)cc2)cc1. The number of hydrogen-bond donors (Lipinski definition) is 1. The molecule has 0 fully saturated rings. The summed E-state index contributed by atoms with van der Waals surface area (Å²) in [6.07, 6.45) is 0. The largest absolute Gasteiger partial charge is 0.497 e. The highest BCUT2D eigenvalue weighted by Crippen LogP contribution is 2.39. The third kappa shape index (κ3) is 3.72. The van der Waals surface area contributed by atoms with Crippen LogP contribution >= 0.6 is 11.8 Å². The van der Waals surface area contributed by atoms with Crippen LogP contribution in [0.5, 0.6) is 5.75 Å². The van der Waals surface area contributed by atoms with Gasteiger partial charge in [0, 0.05) is 11.5 Å². The van der Waals surface area contributed by atoms with Gasteiger partial charge in [-0.3, -0.25) is 4.79 Å². The number of ketones is 1. The number of nitrogens with one attached hydrogen (secondary N) is 1. The lowest BCUT2D eigenvalue weighted by Crippen LogP contribution is -2.39. The van der Waals surface area contributed by atoms with Crippen molar-refractivity contribution in [3.63, 3.8) is 0 Å². The third-order valence-corrected chi connectivity index (χ3v) is 6.06. The van der Waals surface area contributed by atoms with E-state index in [1.165, 1.54) is 36.0 Å². The van der Waals surface area contributed by atoms with Crippen molar-refractivity contribution in [1.29, 1.82) is 0 Å². The molecule has 2 heterocycles. The molecule has 1 aliphatic heterocycles.